The largest absolute Gasteiger partial charge is 0.444 e. The molecule has 0 bridgehead atoms. The highest BCUT2D eigenvalue weighted by atomic mass is 16.6. The van der Waals surface area contributed by atoms with E-state index in [1.165, 1.54) is 0 Å². The Kier molecular flexibility index (Phi) is 9.15. The van der Waals surface area contributed by atoms with Crippen molar-refractivity contribution in [3.8, 4) is 0 Å². The average molecular weight is 561 g/mol. The molecule has 2 saturated heterocycles. The van der Waals surface area contributed by atoms with Gasteiger partial charge in [0, 0.05) is 12.6 Å². The Hall–Kier alpha value is -2.65. The summed E-state index contributed by atoms with van der Waals surface area (Å²) < 4.78 is 5.44. The van der Waals surface area contributed by atoms with Crippen molar-refractivity contribution in [2.24, 2.45) is 17.3 Å². The maximum absolute atomic E-state index is 13.9. The number of Topliss-reactive ketones (excluding diaryl/α,β-unsaturated/α-hetero) is 1. The lowest BCUT2D eigenvalue weighted by atomic mass is 9.96. The van der Waals surface area contributed by atoms with E-state index in [4.69, 9.17) is 4.74 Å². The molecule has 5 atom stereocenters. The second-order valence-electron chi connectivity index (χ2n) is 13.8. The van der Waals surface area contributed by atoms with E-state index < -0.39 is 47.4 Å². The number of hydrogen-bond acceptors (Lipinski definition) is 6. The Bertz CT molecular complexity index is 1000. The fourth-order valence-electron chi connectivity index (χ4n) is 6.47. The first-order chi connectivity index (χ1) is 18.8. The van der Waals surface area contributed by atoms with E-state index in [1.807, 2.05) is 0 Å². The van der Waals surface area contributed by atoms with Crippen LogP contribution < -0.4 is 16.0 Å². The monoisotopic (exact) mass is 560 g/mol. The van der Waals surface area contributed by atoms with E-state index in [0.717, 1.165) is 57.8 Å². The molecule has 40 heavy (non-hydrogen) atoms. The van der Waals surface area contributed by atoms with Gasteiger partial charge in [0.05, 0.1) is 6.04 Å². The van der Waals surface area contributed by atoms with Gasteiger partial charge in [-0.15, -0.1) is 0 Å². The maximum Gasteiger partial charge on any atom is 0.408 e. The van der Waals surface area contributed by atoms with Crippen molar-refractivity contribution in [1.29, 1.82) is 0 Å². The van der Waals surface area contributed by atoms with E-state index in [-0.39, 0.29) is 29.2 Å². The lowest BCUT2D eigenvalue weighted by Gasteiger charge is -2.34. The quantitative estimate of drug-likeness (QED) is 0.452. The molecule has 3 N–H and O–H groups in total. The van der Waals surface area contributed by atoms with Gasteiger partial charge in [-0.2, -0.15) is 0 Å². The van der Waals surface area contributed by atoms with Gasteiger partial charge in [0.25, 0.3) is 5.91 Å². The first-order valence-corrected chi connectivity index (χ1v) is 15.2. The first kappa shape index (κ1) is 30.3. The molecule has 4 amide bonds. The van der Waals surface area contributed by atoms with E-state index in [2.05, 4.69) is 29.8 Å². The minimum atomic E-state index is -0.923. The number of amides is 4. The second kappa shape index (κ2) is 12.1. The van der Waals surface area contributed by atoms with Gasteiger partial charge in [-0.05, 0) is 63.7 Å². The van der Waals surface area contributed by atoms with Crippen LogP contribution in [0.2, 0.25) is 0 Å². The van der Waals surface area contributed by atoms with Crippen LogP contribution in [-0.4, -0.2) is 70.8 Å². The summed E-state index contributed by atoms with van der Waals surface area (Å²) in [7, 11) is 0. The smallest absolute Gasteiger partial charge is 0.408 e. The molecule has 10 heteroatoms. The molecule has 4 aliphatic rings. The van der Waals surface area contributed by atoms with Crippen molar-refractivity contribution in [3.63, 3.8) is 0 Å². The molecule has 0 aromatic heterocycles. The molecule has 0 aromatic carbocycles. The van der Waals surface area contributed by atoms with Gasteiger partial charge >= 0.3 is 6.09 Å². The van der Waals surface area contributed by atoms with Crippen LogP contribution in [0.1, 0.15) is 105 Å². The zero-order valence-electron chi connectivity index (χ0n) is 24.8. The molecule has 224 valence electrons. The van der Waals surface area contributed by atoms with Crippen LogP contribution in [0, 0.1) is 17.3 Å². The molecule has 0 radical (unpaired) electrons. The number of hydrogen-bond donors (Lipinski definition) is 3. The predicted molar refractivity (Wildman–Crippen MR) is 149 cm³/mol. The van der Waals surface area contributed by atoms with Crippen molar-refractivity contribution < 1.29 is 28.7 Å². The molecule has 10 nitrogen and oxygen atoms in total. The molecule has 4 fully saturated rings. The van der Waals surface area contributed by atoms with Gasteiger partial charge in [0.15, 0.2) is 0 Å². The Morgan fingerprint density at radius 2 is 1.50 bits per heavy atom. The summed E-state index contributed by atoms with van der Waals surface area (Å²) in [6, 6.07) is -2.44. The standard InChI is InChI=1S/C30H48N4O6/c1-29(2,3)40-28(39)33-21-14-12-10-8-6-7-9-11-13-20(24(35)26(37)31-18-15-16-18)32-25(36)23-22-19(30(22,4)5)17-34(23)27(21)38/h18-23H,6-17H2,1-5H3,(H,31,37)(H,32,36)(H,33,39)/t19-,20+,21+,22-,23-/m0/s1. The van der Waals surface area contributed by atoms with Crippen LogP contribution in [0.4, 0.5) is 4.79 Å². The number of piperidine rings is 1. The van der Waals surface area contributed by atoms with Crippen LogP contribution in [0.15, 0.2) is 0 Å². The summed E-state index contributed by atoms with van der Waals surface area (Å²) in [5.74, 6) is -1.85. The van der Waals surface area contributed by atoms with Gasteiger partial charge in [0.2, 0.25) is 17.6 Å². The normalized spacial score (nSPS) is 31.3. The Labute approximate surface area is 238 Å². The highest BCUT2D eigenvalue weighted by molar-refractivity contribution is 6.38. The molecular weight excluding hydrogens is 512 g/mol. The van der Waals surface area contributed by atoms with E-state index >= 15 is 0 Å². The number of ether oxygens (including phenoxy) is 1. The lowest BCUT2D eigenvalue weighted by Crippen LogP contribution is -2.58. The summed E-state index contributed by atoms with van der Waals surface area (Å²) >= 11 is 0. The Morgan fingerprint density at radius 3 is 2.10 bits per heavy atom. The molecule has 0 aromatic rings. The first-order valence-electron chi connectivity index (χ1n) is 15.2. The number of nitrogens with zero attached hydrogens (tertiary/aromatic N) is 1. The topological polar surface area (TPSA) is 134 Å². The number of alkyl carbamates (subject to hydrolysis) is 1. The van der Waals surface area contributed by atoms with Crippen molar-refractivity contribution >= 4 is 29.6 Å². The number of carbonyl (C=O) groups excluding carboxylic acids is 5. The number of nitrogens with one attached hydrogen (secondary N) is 3. The van der Waals surface area contributed by atoms with Gasteiger partial charge in [-0.3, -0.25) is 19.2 Å². The minimum absolute atomic E-state index is 0.0451. The number of rotatable bonds is 4. The number of carbonyl (C=O) groups is 5. The molecule has 2 aliphatic carbocycles. The van der Waals surface area contributed by atoms with Gasteiger partial charge < -0.3 is 25.6 Å². The number of fused-ring (bicyclic) bond motifs is 3. The van der Waals surface area contributed by atoms with Crippen molar-refractivity contribution in [1.82, 2.24) is 20.9 Å². The van der Waals surface area contributed by atoms with Crippen LogP contribution in [0.5, 0.6) is 0 Å². The molecule has 4 rings (SSSR count). The van der Waals surface area contributed by atoms with Crippen molar-refractivity contribution in [2.45, 2.75) is 135 Å². The zero-order chi connectivity index (χ0) is 29.2. The summed E-state index contributed by atoms with van der Waals surface area (Å²) in [5, 5.41) is 8.42. The lowest BCUT2D eigenvalue weighted by molar-refractivity contribution is -0.144. The summed E-state index contributed by atoms with van der Waals surface area (Å²) in [5.41, 5.74) is -0.822. The molecule has 2 heterocycles. The van der Waals surface area contributed by atoms with Crippen LogP contribution in [0.3, 0.4) is 0 Å². The fourth-order valence-corrected chi connectivity index (χ4v) is 6.47. The van der Waals surface area contributed by atoms with Gasteiger partial charge in [0.1, 0.15) is 17.7 Å². The van der Waals surface area contributed by atoms with Crippen LogP contribution >= 0.6 is 0 Å². The summed E-state index contributed by atoms with van der Waals surface area (Å²) in [6.07, 6.45) is 8.34. The molecular formula is C30H48N4O6. The summed E-state index contributed by atoms with van der Waals surface area (Å²) in [4.78, 5) is 67.8. The highest BCUT2D eigenvalue weighted by Gasteiger charge is 2.69. The maximum atomic E-state index is 13.9. The predicted octanol–water partition coefficient (Wildman–Crippen LogP) is 3.22. The Balaban J connectivity index is 1.55. The van der Waals surface area contributed by atoms with Crippen molar-refractivity contribution in [3.05, 3.63) is 0 Å². The fraction of sp³-hybridized carbons (Fsp3) is 0.833. The molecule has 2 saturated carbocycles. The average Bonchev–Trinajstić information content (AvgIpc) is 3.70. The highest BCUT2D eigenvalue weighted by Crippen LogP contribution is 2.65. The molecule has 0 unspecified atom stereocenters. The van der Waals surface area contributed by atoms with E-state index in [0.29, 0.717) is 19.4 Å². The van der Waals surface area contributed by atoms with Crippen molar-refractivity contribution in [2.75, 3.05) is 6.54 Å². The SMILES string of the molecule is CC(C)(C)OC(=O)N[C@@H]1CCCCCCCCC[C@H](C(=O)C(=O)NC2CC2)NC(=O)[C@@H]2[C@@H]3[C@H](CN2C1=O)C3(C)C. The van der Waals surface area contributed by atoms with E-state index in [1.54, 1.807) is 25.7 Å². The Morgan fingerprint density at radius 1 is 0.900 bits per heavy atom. The third kappa shape index (κ3) is 7.35. The van der Waals surface area contributed by atoms with E-state index in [9.17, 15) is 24.0 Å². The van der Waals surface area contributed by atoms with Crippen LogP contribution in [0.25, 0.3) is 0 Å². The third-order valence-electron chi connectivity index (χ3n) is 9.00. The zero-order valence-corrected chi connectivity index (χ0v) is 24.8. The molecule has 2 aliphatic heterocycles. The number of ketones is 1. The minimum Gasteiger partial charge on any atom is -0.444 e. The van der Waals surface area contributed by atoms with Gasteiger partial charge in [-0.25, -0.2) is 4.79 Å². The molecule has 0 spiro atoms. The summed E-state index contributed by atoms with van der Waals surface area (Å²) in [6.45, 7) is 9.92. The third-order valence-corrected chi connectivity index (χ3v) is 9.00. The second-order valence-corrected chi connectivity index (χ2v) is 13.8. The van der Waals surface area contributed by atoms with Crippen LogP contribution in [-0.2, 0) is 23.9 Å². The van der Waals surface area contributed by atoms with Gasteiger partial charge in [-0.1, -0.05) is 58.8 Å².